The fraction of sp³-hybridized carbons (Fsp3) is 0.278. The van der Waals surface area contributed by atoms with Crippen LogP contribution in [-0.4, -0.2) is 25.2 Å². The highest BCUT2D eigenvalue weighted by atomic mass is 35.5. The largest absolute Gasteiger partial charge is 0.454 e. The Morgan fingerprint density at radius 2 is 2.00 bits per heavy atom. The summed E-state index contributed by atoms with van der Waals surface area (Å²) in [7, 11) is 0. The van der Waals surface area contributed by atoms with Crippen LogP contribution in [0.3, 0.4) is 0 Å². The Morgan fingerprint density at radius 1 is 1.12 bits per heavy atom. The molecule has 0 saturated carbocycles. The van der Waals surface area contributed by atoms with Crippen LogP contribution in [-0.2, 0) is 11.4 Å². The summed E-state index contributed by atoms with van der Waals surface area (Å²) in [6.07, 6.45) is 0.780. The van der Waals surface area contributed by atoms with Crippen molar-refractivity contribution in [3.63, 3.8) is 0 Å². The van der Waals surface area contributed by atoms with E-state index in [0.717, 1.165) is 39.8 Å². The normalized spacial score (nSPS) is 18.4. The topological polar surface area (TPSA) is 52.1 Å². The molecule has 2 heterocycles. The van der Waals surface area contributed by atoms with Crippen molar-refractivity contribution in [3.05, 3.63) is 58.6 Å². The third-order valence-electron chi connectivity index (χ3n) is 4.08. The fourth-order valence-electron chi connectivity index (χ4n) is 2.79. The standard InChI is InChI=1S/C18H17ClN2O3/c19-15-4-2-1-3-13(15)9-20-10-14-8-16(21-24-14)12-5-6-17-18(7-12)23-11-22-17/h1-7,14,20H,8-11H2/t14-/m0/s1. The van der Waals surface area contributed by atoms with E-state index in [2.05, 4.69) is 10.5 Å². The van der Waals surface area contributed by atoms with Crippen LogP contribution in [0, 0.1) is 0 Å². The van der Waals surface area contributed by atoms with Crippen LogP contribution in [0.5, 0.6) is 11.5 Å². The summed E-state index contributed by atoms with van der Waals surface area (Å²) in [5.74, 6) is 1.53. The minimum Gasteiger partial charge on any atom is -0.454 e. The van der Waals surface area contributed by atoms with Crippen molar-refractivity contribution < 1.29 is 14.3 Å². The molecule has 2 aliphatic rings. The molecule has 4 rings (SSSR count). The Morgan fingerprint density at radius 3 is 2.92 bits per heavy atom. The lowest BCUT2D eigenvalue weighted by atomic mass is 10.0. The minimum absolute atomic E-state index is 0.0212. The van der Waals surface area contributed by atoms with Crippen molar-refractivity contribution >= 4 is 17.3 Å². The minimum atomic E-state index is 0.0212. The maximum atomic E-state index is 6.15. The van der Waals surface area contributed by atoms with E-state index < -0.39 is 0 Å². The van der Waals surface area contributed by atoms with E-state index in [1.807, 2.05) is 42.5 Å². The molecule has 1 N–H and O–H groups in total. The van der Waals surface area contributed by atoms with E-state index in [4.69, 9.17) is 25.9 Å². The Bertz CT molecular complexity index is 779. The number of halogens is 1. The molecule has 0 spiro atoms. The van der Waals surface area contributed by atoms with Gasteiger partial charge in [-0.15, -0.1) is 0 Å². The first-order chi connectivity index (χ1) is 11.8. The highest BCUT2D eigenvalue weighted by Crippen LogP contribution is 2.33. The molecule has 0 amide bonds. The lowest BCUT2D eigenvalue weighted by molar-refractivity contribution is 0.0848. The number of hydrogen-bond donors (Lipinski definition) is 1. The Labute approximate surface area is 145 Å². The van der Waals surface area contributed by atoms with Crippen LogP contribution in [0.4, 0.5) is 0 Å². The second kappa shape index (κ2) is 6.71. The van der Waals surface area contributed by atoms with Crippen molar-refractivity contribution in [1.29, 1.82) is 0 Å². The third kappa shape index (κ3) is 3.18. The quantitative estimate of drug-likeness (QED) is 0.903. The molecule has 2 aromatic rings. The van der Waals surface area contributed by atoms with Gasteiger partial charge < -0.3 is 19.6 Å². The third-order valence-corrected chi connectivity index (χ3v) is 4.45. The smallest absolute Gasteiger partial charge is 0.231 e. The van der Waals surface area contributed by atoms with E-state index in [1.54, 1.807) is 0 Å². The van der Waals surface area contributed by atoms with E-state index in [-0.39, 0.29) is 12.9 Å². The average Bonchev–Trinajstić information content (AvgIpc) is 3.25. The van der Waals surface area contributed by atoms with Gasteiger partial charge >= 0.3 is 0 Å². The van der Waals surface area contributed by atoms with Crippen LogP contribution >= 0.6 is 11.6 Å². The monoisotopic (exact) mass is 344 g/mol. The molecule has 0 aromatic heterocycles. The molecule has 0 aliphatic carbocycles. The molecule has 0 radical (unpaired) electrons. The van der Waals surface area contributed by atoms with Gasteiger partial charge in [0, 0.05) is 30.1 Å². The number of nitrogens with zero attached hydrogens (tertiary/aromatic N) is 1. The second-order valence-electron chi connectivity index (χ2n) is 5.76. The summed E-state index contributed by atoms with van der Waals surface area (Å²) in [6, 6.07) is 13.7. The molecule has 0 saturated heterocycles. The van der Waals surface area contributed by atoms with Crippen molar-refractivity contribution in [2.45, 2.75) is 19.1 Å². The molecule has 0 bridgehead atoms. The number of hydrogen-bond acceptors (Lipinski definition) is 5. The van der Waals surface area contributed by atoms with Gasteiger partial charge in [-0.05, 0) is 29.8 Å². The zero-order chi connectivity index (χ0) is 16.4. The van der Waals surface area contributed by atoms with Crippen molar-refractivity contribution in [1.82, 2.24) is 5.32 Å². The lowest BCUT2D eigenvalue weighted by Gasteiger charge is -2.10. The molecule has 0 unspecified atom stereocenters. The second-order valence-corrected chi connectivity index (χ2v) is 6.17. The molecule has 2 aromatic carbocycles. The number of benzene rings is 2. The van der Waals surface area contributed by atoms with E-state index in [1.165, 1.54) is 0 Å². The van der Waals surface area contributed by atoms with Gasteiger partial charge in [-0.25, -0.2) is 0 Å². The number of ether oxygens (including phenoxy) is 2. The fourth-order valence-corrected chi connectivity index (χ4v) is 3.00. The number of oxime groups is 1. The van der Waals surface area contributed by atoms with E-state index >= 15 is 0 Å². The van der Waals surface area contributed by atoms with Crippen LogP contribution in [0.25, 0.3) is 0 Å². The molecular weight excluding hydrogens is 328 g/mol. The maximum absolute atomic E-state index is 6.15. The molecule has 124 valence electrons. The van der Waals surface area contributed by atoms with Crippen LogP contribution in [0.1, 0.15) is 17.5 Å². The first kappa shape index (κ1) is 15.3. The van der Waals surface area contributed by atoms with Crippen LogP contribution in [0.2, 0.25) is 5.02 Å². The molecule has 0 fully saturated rings. The SMILES string of the molecule is Clc1ccccc1CNC[C@@H]1CC(c2ccc3c(c2)OCO3)=NO1. The lowest BCUT2D eigenvalue weighted by Crippen LogP contribution is -2.26. The Kier molecular flexibility index (Phi) is 4.28. The average molecular weight is 345 g/mol. The molecule has 5 nitrogen and oxygen atoms in total. The Balaban J connectivity index is 1.31. The van der Waals surface area contributed by atoms with Gasteiger partial charge in [-0.3, -0.25) is 0 Å². The van der Waals surface area contributed by atoms with Gasteiger partial charge in [0.15, 0.2) is 11.5 Å². The summed E-state index contributed by atoms with van der Waals surface area (Å²) >= 11 is 6.15. The first-order valence-electron chi connectivity index (χ1n) is 7.86. The van der Waals surface area contributed by atoms with Crippen molar-refractivity contribution in [3.8, 4) is 11.5 Å². The highest BCUT2D eigenvalue weighted by Gasteiger charge is 2.23. The summed E-state index contributed by atoms with van der Waals surface area (Å²) in [6.45, 7) is 1.69. The van der Waals surface area contributed by atoms with Gasteiger partial charge in [-0.1, -0.05) is 35.0 Å². The van der Waals surface area contributed by atoms with Crippen LogP contribution < -0.4 is 14.8 Å². The molecule has 24 heavy (non-hydrogen) atoms. The number of fused-ring (bicyclic) bond motifs is 1. The highest BCUT2D eigenvalue weighted by molar-refractivity contribution is 6.31. The molecular formula is C18H17ClN2O3. The number of nitrogens with one attached hydrogen (secondary N) is 1. The summed E-state index contributed by atoms with van der Waals surface area (Å²) < 4.78 is 10.7. The summed E-state index contributed by atoms with van der Waals surface area (Å²) in [5.41, 5.74) is 3.01. The van der Waals surface area contributed by atoms with Crippen molar-refractivity contribution in [2.75, 3.05) is 13.3 Å². The first-order valence-corrected chi connectivity index (χ1v) is 8.24. The summed E-state index contributed by atoms with van der Waals surface area (Å²) in [4.78, 5) is 5.53. The maximum Gasteiger partial charge on any atom is 0.231 e. The van der Waals surface area contributed by atoms with Crippen LogP contribution in [0.15, 0.2) is 47.6 Å². The predicted octanol–water partition coefficient (Wildman–Crippen LogP) is 3.35. The Hall–Kier alpha value is -2.24. The van der Waals surface area contributed by atoms with E-state index in [9.17, 15) is 0 Å². The van der Waals surface area contributed by atoms with Gasteiger partial charge in [0.2, 0.25) is 6.79 Å². The molecule has 6 heteroatoms. The zero-order valence-corrected chi connectivity index (χ0v) is 13.8. The zero-order valence-electron chi connectivity index (χ0n) is 13.0. The van der Waals surface area contributed by atoms with Gasteiger partial charge in [0.25, 0.3) is 0 Å². The van der Waals surface area contributed by atoms with Crippen molar-refractivity contribution in [2.24, 2.45) is 5.16 Å². The van der Waals surface area contributed by atoms with Gasteiger partial charge in [-0.2, -0.15) is 0 Å². The van der Waals surface area contributed by atoms with E-state index in [0.29, 0.717) is 13.1 Å². The van der Waals surface area contributed by atoms with Gasteiger partial charge in [0.05, 0.1) is 5.71 Å². The molecule has 2 aliphatic heterocycles. The van der Waals surface area contributed by atoms with Gasteiger partial charge in [0.1, 0.15) is 6.10 Å². The predicted molar refractivity (Wildman–Crippen MR) is 91.8 cm³/mol. The number of rotatable bonds is 5. The molecule has 1 atom stereocenters. The summed E-state index contributed by atoms with van der Waals surface area (Å²) in [5, 5.41) is 8.35.